The molecular formula is C22H20N4O2. The zero-order chi connectivity index (χ0) is 19.9. The van der Waals surface area contributed by atoms with Gasteiger partial charge in [-0.05, 0) is 12.5 Å². The summed E-state index contributed by atoms with van der Waals surface area (Å²) in [5.41, 5.74) is 0.500. The first-order valence-corrected chi connectivity index (χ1v) is 9.19. The van der Waals surface area contributed by atoms with E-state index >= 15 is 0 Å². The molecule has 2 aromatic rings. The van der Waals surface area contributed by atoms with Gasteiger partial charge in [-0.25, -0.2) is 9.97 Å². The predicted molar refractivity (Wildman–Crippen MR) is 103 cm³/mol. The minimum atomic E-state index is -0.593. The standard InChI is InChI=1S/C22H20N4O2/c1-21(2)12-22(10-16(11-23)18(21)27)13-26(14-22)20(28)17-8-9-24-19(25-17)15-6-4-3-5-7-15/h3-10H,12-14H2,1-2H3. The molecule has 1 amide bonds. The van der Waals surface area contributed by atoms with Gasteiger partial charge < -0.3 is 4.90 Å². The number of nitrogens with zero attached hydrogens (tertiary/aromatic N) is 4. The summed E-state index contributed by atoms with van der Waals surface area (Å²) in [7, 11) is 0. The number of benzene rings is 1. The highest BCUT2D eigenvalue weighted by atomic mass is 16.2. The van der Waals surface area contributed by atoms with Gasteiger partial charge in [-0.2, -0.15) is 5.26 Å². The van der Waals surface area contributed by atoms with Gasteiger partial charge in [0.15, 0.2) is 11.6 Å². The molecule has 0 saturated carbocycles. The Morgan fingerprint density at radius 3 is 2.57 bits per heavy atom. The van der Waals surface area contributed by atoms with Crippen LogP contribution in [0.5, 0.6) is 0 Å². The third-order valence-electron chi connectivity index (χ3n) is 5.43. The van der Waals surface area contributed by atoms with Crippen molar-refractivity contribution in [3.05, 3.63) is 59.9 Å². The van der Waals surface area contributed by atoms with Gasteiger partial charge in [-0.1, -0.05) is 50.3 Å². The van der Waals surface area contributed by atoms with Crippen molar-refractivity contribution < 1.29 is 9.59 Å². The molecule has 1 spiro atoms. The van der Waals surface area contributed by atoms with Gasteiger partial charge in [-0.3, -0.25) is 9.59 Å². The molecule has 2 aliphatic rings. The Kier molecular flexibility index (Phi) is 4.11. The van der Waals surface area contributed by atoms with E-state index in [1.807, 2.05) is 50.2 Å². The highest BCUT2D eigenvalue weighted by molar-refractivity contribution is 6.04. The number of likely N-dealkylation sites (tertiary alicyclic amines) is 1. The lowest BCUT2D eigenvalue weighted by Gasteiger charge is -2.53. The molecule has 28 heavy (non-hydrogen) atoms. The predicted octanol–water partition coefficient (Wildman–Crippen LogP) is 3.03. The number of Topliss-reactive ketones (excluding diaryl/α,β-unsaturated/α-hetero) is 1. The van der Waals surface area contributed by atoms with E-state index in [9.17, 15) is 14.9 Å². The summed E-state index contributed by atoms with van der Waals surface area (Å²) < 4.78 is 0. The van der Waals surface area contributed by atoms with E-state index in [1.54, 1.807) is 23.2 Å². The Morgan fingerprint density at radius 2 is 1.89 bits per heavy atom. The van der Waals surface area contributed by atoms with Crippen molar-refractivity contribution in [1.29, 1.82) is 5.26 Å². The van der Waals surface area contributed by atoms with E-state index in [-0.39, 0.29) is 22.7 Å². The Labute approximate surface area is 163 Å². The van der Waals surface area contributed by atoms with Crippen LogP contribution in [0.4, 0.5) is 0 Å². The number of allylic oxidation sites excluding steroid dienone is 1. The molecule has 6 nitrogen and oxygen atoms in total. The highest BCUT2D eigenvalue weighted by Crippen LogP contribution is 2.48. The van der Waals surface area contributed by atoms with Crippen molar-refractivity contribution in [2.45, 2.75) is 20.3 Å². The van der Waals surface area contributed by atoms with E-state index < -0.39 is 5.41 Å². The molecule has 1 aromatic heterocycles. The van der Waals surface area contributed by atoms with Gasteiger partial charge >= 0.3 is 0 Å². The number of nitriles is 1. The normalized spacial score (nSPS) is 19.5. The highest BCUT2D eigenvalue weighted by Gasteiger charge is 2.52. The largest absolute Gasteiger partial charge is 0.335 e. The molecular weight excluding hydrogens is 352 g/mol. The molecule has 2 heterocycles. The van der Waals surface area contributed by atoms with Gasteiger partial charge in [0.05, 0.1) is 5.57 Å². The number of amides is 1. The van der Waals surface area contributed by atoms with Gasteiger partial charge in [-0.15, -0.1) is 0 Å². The lowest BCUT2D eigenvalue weighted by Crippen LogP contribution is -2.61. The van der Waals surface area contributed by atoms with Crippen molar-refractivity contribution in [2.24, 2.45) is 10.8 Å². The first-order chi connectivity index (χ1) is 13.3. The fourth-order valence-electron chi connectivity index (χ4n) is 4.26. The zero-order valence-corrected chi connectivity index (χ0v) is 15.8. The number of ketones is 1. The van der Waals surface area contributed by atoms with Crippen LogP contribution in [0.3, 0.4) is 0 Å². The SMILES string of the molecule is CC1(C)CC2(C=C(C#N)C1=O)CN(C(=O)c1ccnc(-c3ccccc3)n1)C2. The number of hydrogen-bond donors (Lipinski definition) is 0. The second-order valence-corrected chi connectivity index (χ2v) is 8.21. The fraction of sp³-hybridized carbons (Fsp3) is 0.318. The summed E-state index contributed by atoms with van der Waals surface area (Å²) in [6.45, 7) is 4.70. The first-order valence-electron chi connectivity index (χ1n) is 9.19. The third-order valence-corrected chi connectivity index (χ3v) is 5.43. The molecule has 1 saturated heterocycles. The number of aromatic nitrogens is 2. The molecule has 4 rings (SSSR count). The maximum Gasteiger partial charge on any atom is 0.272 e. The summed E-state index contributed by atoms with van der Waals surface area (Å²) in [4.78, 5) is 35.6. The van der Waals surface area contributed by atoms with Crippen molar-refractivity contribution in [1.82, 2.24) is 14.9 Å². The maximum absolute atomic E-state index is 12.9. The van der Waals surface area contributed by atoms with Crippen LogP contribution in [-0.2, 0) is 4.79 Å². The molecule has 0 atom stereocenters. The van der Waals surface area contributed by atoms with Crippen LogP contribution < -0.4 is 0 Å². The average Bonchev–Trinajstić information content (AvgIpc) is 2.68. The van der Waals surface area contributed by atoms with E-state index in [4.69, 9.17) is 0 Å². The van der Waals surface area contributed by atoms with Gasteiger partial charge in [0, 0.05) is 35.7 Å². The topological polar surface area (TPSA) is 87.0 Å². The molecule has 6 heteroatoms. The van der Waals surface area contributed by atoms with Crippen LogP contribution in [0.25, 0.3) is 11.4 Å². The minimum Gasteiger partial charge on any atom is -0.335 e. The third kappa shape index (κ3) is 2.99. The average molecular weight is 372 g/mol. The lowest BCUT2D eigenvalue weighted by molar-refractivity contribution is -0.127. The Hall–Kier alpha value is -3.33. The van der Waals surface area contributed by atoms with Crippen LogP contribution >= 0.6 is 0 Å². The van der Waals surface area contributed by atoms with Crippen LogP contribution in [0.2, 0.25) is 0 Å². The van der Waals surface area contributed by atoms with Crippen LogP contribution in [-0.4, -0.2) is 39.6 Å². The van der Waals surface area contributed by atoms with E-state index in [0.29, 0.717) is 31.0 Å². The molecule has 1 aliphatic heterocycles. The molecule has 0 bridgehead atoms. The molecule has 1 aromatic carbocycles. The van der Waals surface area contributed by atoms with Crippen LogP contribution in [0.1, 0.15) is 30.8 Å². The van der Waals surface area contributed by atoms with Crippen molar-refractivity contribution in [2.75, 3.05) is 13.1 Å². The lowest BCUT2D eigenvalue weighted by atomic mass is 9.61. The Balaban J connectivity index is 1.54. The number of carbonyl (C=O) groups excluding carboxylic acids is 2. The Morgan fingerprint density at radius 1 is 1.18 bits per heavy atom. The summed E-state index contributed by atoms with van der Waals surface area (Å²) >= 11 is 0. The minimum absolute atomic E-state index is 0.117. The number of rotatable bonds is 2. The first kappa shape index (κ1) is 18.1. The fourth-order valence-corrected chi connectivity index (χ4v) is 4.26. The molecule has 0 unspecified atom stereocenters. The summed E-state index contributed by atoms with van der Waals surface area (Å²) in [6, 6.07) is 13.2. The van der Waals surface area contributed by atoms with Gasteiger partial charge in [0.1, 0.15) is 11.8 Å². The smallest absolute Gasteiger partial charge is 0.272 e. The Bertz CT molecular complexity index is 1030. The van der Waals surface area contributed by atoms with Crippen LogP contribution in [0.15, 0.2) is 54.2 Å². The van der Waals surface area contributed by atoms with E-state index in [0.717, 1.165) is 5.56 Å². The molecule has 0 N–H and O–H groups in total. The molecule has 1 aliphatic carbocycles. The van der Waals surface area contributed by atoms with E-state index in [1.165, 1.54) is 0 Å². The molecule has 0 radical (unpaired) electrons. The summed E-state index contributed by atoms with van der Waals surface area (Å²) in [5.74, 6) is 0.235. The van der Waals surface area contributed by atoms with Crippen molar-refractivity contribution in [3.8, 4) is 17.5 Å². The summed E-state index contributed by atoms with van der Waals surface area (Å²) in [5, 5.41) is 9.30. The van der Waals surface area contributed by atoms with Gasteiger partial charge in [0.2, 0.25) is 0 Å². The van der Waals surface area contributed by atoms with E-state index in [2.05, 4.69) is 9.97 Å². The quantitative estimate of drug-likeness (QED) is 0.809. The molecule has 140 valence electrons. The zero-order valence-electron chi connectivity index (χ0n) is 15.8. The number of hydrogen-bond acceptors (Lipinski definition) is 5. The van der Waals surface area contributed by atoms with Crippen molar-refractivity contribution >= 4 is 11.7 Å². The van der Waals surface area contributed by atoms with Crippen LogP contribution in [0, 0.1) is 22.2 Å². The molecule has 1 fully saturated rings. The van der Waals surface area contributed by atoms with Crippen molar-refractivity contribution in [3.63, 3.8) is 0 Å². The number of carbonyl (C=O) groups is 2. The summed E-state index contributed by atoms with van der Waals surface area (Å²) in [6.07, 6.45) is 3.99. The monoisotopic (exact) mass is 372 g/mol. The second kappa shape index (κ2) is 6.38. The van der Waals surface area contributed by atoms with Gasteiger partial charge in [0.25, 0.3) is 5.91 Å². The maximum atomic E-state index is 12.9. The second-order valence-electron chi connectivity index (χ2n) is 8.21.